The molecular weight excluding hydrogens is 346 g/mol. The third kappa shape index (κ3) is 4.30. The third-order valence-electron chi connectivity index (χ3n) is 5.85. The summed E-state index contributed by atoms with van der Waals surface area (Å²) in [7, 11) is 0. The van der Waals surface area contributed by atoms with Crippen LogP contribution in [0.2, 0.25) is 0 Å². The van der Waals surface area contributed by atoms with E-state index in [1.807, 2.05) is 36.4 Å². The van der Waals surface area contributed by atoms with Gasteiger partial charge in [-0.05, 0) is 56.9 Å². The monoisotopic (exact) mass is 379 g/mol. The summed E-state index contributed by atoms with van der Waals surface area (Å²) >= 11 is 0. The van der Waals surface area contributed by atoms with Gasteiger partial charge >= 0.3 is 5.97 Å². The van der Waals surface area contributed by atoms with E-state index in [1.165, 1.54) is 25.7 Å². The van der Waals surface area contributed by atoms with Gasteiger partial charge in [-0.1, -0.05) is 75.2 Å². The van der Waals surface area contributed by atoms with Gasteiger partial charge in [0.25, 0.3) is 0 Å². The molecule has 3 nitrogen and oxygen atoms in total. The number of benzene rings is 2. The molecule has 1 unspecified atom stereocenters. The Morgan fingerprint density at radius 3 is 2.11 bits per heavy atom. The van der Waals surface area contributed by atoms with Gasteiger partial charge in [0.15, 0.2) is 0 Å². The number of nitrogens with zero attached hydrogens (tertiary/aromatic N) is 1. The molecule has 0 bridgehead atoms. The summed E-state index contributed by atoms with van der Waals surface area (Å²) in [5.74, 6) is 0.582. The van der Waals surface area contributed by atoms with E-state index >= 15 is 0 Å². The van der Waals surface area contributed by atoms with Crippen LogP contribution in [0.25, 0.3) is 0 Å². The van der Waals surface area contributed by atoms with Crippen LogP contribution in [0.1, 0.15) is 63.5 Å². The van der Waals surface area contributed by atoms with Crippen LogP contribution >= 0.6 is 0 Å². The highest BCUT2D eigenvalue weighted by Crippen LogP contribution is 2.47. The van der Waals surface area contributed by atoms with E-state index < -0.39 is 5.41 Å². The first kappa shape index (κ1) is 20.6. The molecule has 0 aromatic heterocycles. The van der Waals surface area contributed by atoms with Crippen molar-refractivity contribution < 1.29 is 9.53 Å². The number of carbonyl (C=O) groups excluding carboxylic acids is 1. The van der Waals surface area contributed by atoms with E-state index in [9.17, 15) is 4.79 Å². The Morgan fingerprint density at radius 2 is 1.43 bits per heavy atom. The molecule has 0 N–H and O–H groups in total. The molecule has 0 amide bonds. The summed E-state index contributed by atoms with van der Waals surface area (Å²) in [5.41, 5.74) is 1.37. The summed E-state index contributed by atoms with van der Waals surface area (Å²) in [5, 5.41) is 0. The van der Waals surface area contributed by atoms with E-state index in [4.69, 9.17) is 4.74 Å². The molecular formula is C25H33NO2. The maximum atomic E-state index is 13.1. The molecule has 2 aromatic carbocycles. The van der Waals surface area contributed by atoms with Crippen molar-refractivity contribution >= 4 is 5.97 Å². The van der Waals surface area contributed by atoms with Crippen LogP contribution in [-0.2, 0) is 10.2 Å². The van der Waals surface area contributed by atoms with Gasteiger partial charge in [-0.3, -0.25) is 4.79 Å². The number of esters is 1. The Kier molecular flexibility index (Phi) is 7.27. The summed E-state index contributed by atoms with van der Waals surface area (Å²) in [6.45, 7) is 7.82. The third-order valence-corrected chi connectivity index (χ3v) is 5.85. The molecule has 0 radical (unpaired) electrons. The van der Waals surface area contributed by atoms with Gasteiger partial charge in [0.05, 0.1) is 0 Å². The average molecular weight is 380 g/mol. The van der Waals surface area contributed by atoms with Crippen molar-refractivity contribution in [3.05, 3.63) is 65.7 Å². The molecule has 1 atom stereocenters. The molecule has 3 rings (SSSR count). The summed E-state index contributed by atoms with van der Waals surface area (Å²) in [6, 6.07) is 18.1. The molecule has 2 aromatic rings. The minimum atomic E-state index is -0.682. The van der Waals surface area contributed by atoms with Gasteiger partial charge < -0.3 is 9.64 Å². The standard InChI is InChI=1S/C25H33NO2/c1-3-5-18-26(19-6-4-2)20-12-17-25(21-13-8-7-9-14-21)22-15-10-11-16-23(22)28-24(25)27/h7-11,13-16H,3-6,12,17-20H2,1-2H3. The van der Waals surface area contributed by atoms with E-state index in [0.29, 0.717) is 5.75 Å². The molecule has 0 saturated heterocycles. The SMILES string of the molecule is CCCCN(CCCC)CCCC1(c2ccccc2)C(=O)Oc2ccccc21. The quantitative estimate of drug-likeness (QED) is 0.377. The van der Waals surface area contributed by atoms with Crippen LogP contribution < -0.4 is 4.74 Å². The molecule has 1 aliphatic heterocycles. The van der Waals surface area contributed by atoms with Crippen LogP contribution in [0.3, 0.4) is 0 Å². The molecule has 3 heteroatoms. The molecule has 150 valence electrons. The highest BCUT2D eigenvalue weighted by molar-refractivity contribution is 5.94. The first-order valence-corrected chi connectivity index (χ1v) is 10.8. The second-order valence-electron chi connectivity index (χ2n) is 7.81. The minimum Gasteiger partial charge on any atom is -0.425 e. The number of carbonyl (C=O) groups is 1. The fraction of sp³-hybridized carbons (Fsp3) is 0.480. The predicted molar refractivity (Wildman–Crippen MR) is 115 cm³/mol. The Labute approximate surface area is 169 Å². The number of ether oxygens (including phenoxy) is 1. The van der Waals surface area contributed by atoms with Crippen LogP contribution in [0.4, 0.5) is 0 Å². The number of hydrogen-bond acceptors (Lipinski definition) is 3. The molecule has 1 aliphatic rings. The maximum absolute atomic E-state index is 13.1. The number of para-hydroxylation sites is 1. The van der Waals surface area contributed by atoms with Crippen molar-refractivity contribution in [2.45, 2.75) is 57.8 Å². The Hall–Kier alpha value is -2.13. The molecule has 0 spiro atoms. The largest absolute Gasteiger partial charge is 0.425 e. The zero-order valence-corrected chi connectivity index (χ0v) is 17.3. The lowest BCUT2D eigenvalue weighted by Gasteiger charge is -2.29. The van der Waals surface area contributed by atoms with Crippen molar-refractivity contribution in [2.75, 3.05) is 19.6 Å². The van der Waals surface area contributed by atoms with Crippen molar-refractivity contribution in [3.63, 3.8) is 0 Å². The van der Waals surface area contributed by atoms with Gasteiger partial charge in [0, 0.05) is 5.56 Å². The van der Waals surface area contributed by atoms with E-state index in [-0.39, 0.29) is 5.97 Å². The van der Waals surface area contributed by atoms with Crippen LogP contribution in [0.15, 0.2) is 54.6 Å². The number of unbranched alkanes of at least 4 members (excludes halogenated alkanes) is 2. The lowest BCUT2D eigenvalue weighted by atomic mass is 9.72. The van der Waals surface area contributed by atoms with Crippen molar-refractivity contribution in [1.29, 1.82) is 0 Å². The Balaban J connectivity index is 1.81. The number of fused-ring (bicyclic) bond motifs is 1. The van der Waals surface area contributed by atoms with Crippen molar-refractivity contribution in [3.8, 4) is 5.75 Å². The van der Waals surface area contributed by atoms with Crippen molar-refractivity contribution in [1.82, 2.24) is 4.90 Å². The zero-order chi connectivity index (χ0) is 19.8. The van der Waals surface area contributed by atoms with Gasteiger partial charge in [0.2, 0.25) is 0 Å². The van der Waals surface area contributed by atoms with Gasteiger partial charge in [0.1, 0.15) is 11.2 Å². The molecule has 28 heavy (non-hydrogen) atoms. The second kappa shape index (κ2) is 9.88. The topological polar surface area (TPSA) is 29.5 Å². The highest BCUT2D eigenvalue weighted by Gasteiger charge is 2.49. The fourth-order valence-corrected chi connectivity index (χ4v) is 4.25. The van der Waals surface area contributed by atoms with Crippen LogP contribution in [-0.4, -0.2) is 30.5 Å². The first-order valence-electron chi connectivity index (χ1n) is 10.8. The lowest BCUT2D eigenvalue weighted by Crippen LogP contribution is -2.36. The van der Waals surface area contributed by atoms with Crippen molar-refractivity contribution in [2.24, 2.45) is 0 Å². The lowest BCUT2D eigenvalue weighted by molar-refractivity contribution is -0.137. The van der Waals surface area contributed by atoms with Gasteiger partial charge in [-0.2, -0.15) is 0 Å². The summed E-state index contributed by atoms with van der Waals surface area (Å²) in [4.78, 5) is 15.7. The smallest absolute Gasteiger partial charge is 0.326 e. The Morgan fingerprint density at radius 1 is 0.821 bits per heavy atom. The van der Waals surface area contributed by atoms with E-state index in [2.05, 4.69) is 36.9 Å². The summed E-state index contributed by atoms with van der Waals surface area (Å²) in [6.07, 6.45) is 6.66. The molecule has 0 fully saturated rings. The minimum absolute atomic E-state index is 0.131. The van der Waals surface area contributed by atoms with Crippen LogP contribution in [0.5, 0.6) is 5.75 Å². The number of rotatable bonds is 11. The average Bonchev–Trinajstić information content (AvgIpc) is 3.02. The predicted octanol–water partition coefficient (Wildman–Crippen LogP) is 5.57. The van der Waals surface area contributed by atoms with Gasteiger partial charge in [-0.15, -0.1) is 0 Å². The van der Waals surface area contributed by atoms with Gasteiger partial charge in [-0.25, -0.2) is 0 Å². The van der Waals surface area contributed by atoms with E-state index in [1.54, 1.807) is 0 Å². The first-order chi connectivity index (χ1) is 13.7. The summed E-state index contributed by atoms with van der Waals surface area (Å²) < 4.78 is 5.71. The highest BCUT2D eigenvalue weighted by atomic mass is 16.5. The fourth-order valence-electron chi connectivity index (χ4n) is 4.25. The van der Waals surface area contributed by atoms with E-state index in [0.717, 1.165) is 43.6 Å². The zero-order valence-electron chi connectivity index (χ0n) is 17.3. The second-order valence-corrected chi connectivity index (χ2v) is 7.81. The normalized spacial score (nSPS) is 18.3. The number of hydrogen-bond donors (Lipinski definition) is 0. The van der Waals surface area contributed by atoms with Crippen LogP contribution in [0, 0.1) is 0 Å². The molecule has 0 saturated carbocycles. The maximum Gasteiger partial charge on any atom is 0.326 e. The Bertz CT molecular complexity index is 750. The molecule has 0 aliphatic carbocycles. The molecule has 1 heterocycles.